The number of hydrogen-bond acceptors (Lipinski definition) is 4. The van der Waals surface area contributed by atoms with E-state index in [4.69, 9.17) is 13.9 Å². The lowest BCUT2D eigenvalue weighted by atomic mass is 10.0. The molecule has 140 valence electrons. The molecule has 0 N–H and O–H groups in total. The Morgan fingerprint density at radius 1 is 1.19 bits per heavy atom. The second-order valence-corrected chi connectivity index (χ2v) is 13.6. The maximum atomic E-state index is 12.8. The molecule has 3 aliphatic rings. The molecule has 3 aliphatic heterocycles. The molecule has 0 radical (unpaired) electrons. The minimum atomic E-state index is -1.94. The van der Waals surface area contributed by atoms with Crippen molar-refractivity contribution in [1.82, 2.24) is 0 Å². The van der Waals surface area contributed by atoms with Gasteiger partial charge in [-0.15, -0.1) is 0 Å². The van der Waals surface area contributed by atoms with E-state index in [1.165, 1.54) is 0 Å². The van der Waals surface area contributed by atoms with Crippen LogP contribution in [0.15, 0.2) is 24.3 Å². The van der Waals surface area contributed by atoms with Crippen LogP contribution in [0.1, 0.15) is 32.8 Å². The molecule has 0 unspecified atom stereocenters. The minimum Gasteiger partial charge on any atom is -0.454 e. The van der Waals surface area contributed by atoms with Gasteiger partial charge in [0.25, 0.3) is 5.91 Å². The zero-order valence-corrected chi connectivity index (χ0v) is 17.2. The summed E-state index contributed by atoms with van der Waals surface area (Å²) in [6, 6.07) is 3.98. The number of nitrogens with zero attached hydrogens (tertiary/aromatic N) is 1. The monoisotopic (exact) mass is 373 g/mol. The topological polar surface area (TPSA) is 48.0 Å². The van der Waals surface area contributed by atoms with Crippen molar-refractivity contribution in [2.45, 2.75) is 63.9 Å². The van der Waals surface area contributed by atoms with Gasteiger partial charge in [-0.2, -0.15) is 0 Å². The molecule has 0 fully saturated rings. The number of rotatable bonds is 2. The maximum Gasteiger partial charge on any atom is 0.251 e. The van der Waals surface area contributed by atoms with Crippen molar-refractivity contribution >= 4 is 19.9 Å². The Balaban J connectivity index is 1.69. The van der Waals surface area contributed by atoms with E-state index in [9.17, 15) is 4.79 Å². The van der Waals surface area contributed by atoms with Crippen LogP contribution in [0.5, 0.6) is 11.5 Å². The SMILES string of the molecule is CC(C)(C)[Si](C)(C)O[C@H]1CC=CC(=O)N2c3cc4c(cc3C[C@@H]12)OCO4. The molecule has 1 aromatic carbocycles. The standard InChI is InChI=1S/C20H27NO4Si/c1-20(2,3)26(4,5)25-16-7-6-8-19(22)21-14-11-18-17(23-12-24-18)10-13(14)9-15(16)21/h6,8,10-11,15-16H,7,9,12H2,1-5H3/t15-,16-/m0/s1. The van der Waals surface area contributed by atoms with E-state index in [2.05, 4.69) is 33.9 Å². The van der Waals surface area contributed by atoms with Crippen LogP contribution in [0, 0.1) is 0 Å². The van der Waals surface area contributed by atoms with Crippen LogP contribution < -0.4 is 14.4 Å². The predicted molar refractivity (Wildman–Crippen MR) is 103 cm³/mol. The molecule has 6 heteroatoms. The van der Waals surface area contributed by atoms with Crippen molar-refractivity contribution in [2.24, 2.45) is 0 Å². The summed E-state index contributed by atoms with van der Waals surface area (Å²) in [7, 11) is -1.94. The summed E-state index contributed by atoms with van der Waals surface area (Å²) in [6.07, 6.45) is 5.20. The van der Waals surface area contributed by atoms with E-state index >= 15 is 0 Å². The minimum absolute atomic E-state index is 0.00247. The molecule has 1 amide bonds. The highest BCUT2D eigenvalue weighted by atomic mass is 28.4. The molecule has 0 spiro atoms. The number of hydrogen-bond donors (Lipinski definition) is 0. The van der Waals surface area contributed by atoms with E-state index in [0.29, 0.717) is 5.75 Å². The quantitative estimate of drug-likeness (QED) is 0.735. The van der Waals surface area contributed by atoms with Crippen molar-refractivity contribution in [2.75, 3.05) is 11.7 Å². The second kappa shape index (κ2) is 5.86. The predicted octanol–water partition coefficient (Wildman–Crippen LogP) is 4.02. The lowest BCUT2D eigenvalue weighted by molar-refractivity contribution is -0.114. The third-order valence-corrected chi connectivity index (χ3v) is 10.6. The van der Waals surface area contributed by atoms with Gasteiger partial charge < -0.3 is 18.8 Å². The summed E-state index contributed by atoms with van der Waals surface area (Å²) in [6.45, 7) is 11.5. The Hall–Kier alpha value is -1.79. The highest BCUT2D eigenvalue weighted by Gasteiger charge is 2.45. The molecule has 26 heavy (non-hydrogen) atoms. The molecule has 0 bridgehead atoms. The summed E-state index contributed by atoms with van der Waals surface area (Å²) < 4.78 is 17.8. The largest absolute Gasteiger partial charge is 0.454 e. The van der Waals surface area contributed by atoms with Gasteiger partial charge >= 0.3 is 0 Å². The van der Waals surface area contributed by atoms with Gasteiger partial charge in [-0.25, -0.2) is 0 Å². The van der Waals surface area contributed by atoms with Crippen molar-refractivity contribution in [3.8, 4) is 11.5 Å². The first-order valence-corrected chi connectivity index (χ1v) is 12.2. The Morgan fingerprint density at radius 2 is 1.88 bits per heavy atom. The van der Waals surface area contributed by atoms with Crippen LogP contribution in [-0.2, 0) is 15.6 Å². The van der Waals surface area contributed by atoms with E-state index < -0.39 is 8.32 Å². The van der Waals surface area contributed by atoms with Crippen LogP contribution in [0.4, 0.5) is 5.69 Å². The Morgan fingerprint density at radius 3 is 2.58 bits per heavy atom. The number of anilines is 1. The first-order valence-electron chi connectivity index (χ1n) is 9.27. The Kier molecular flexibility index (Phi) is 3.97. The van der Waals surface area contributed by atoms with E-state index in [1.807, 2.05) is 23.1 Å². The third-order valence-electron chi connectivity index (χ3n) is 6.14. The molecule has 0 aromatic heterocycles. The molecular weight excluding hydrogens is 346 g/mol. The highest BCUT2D eigenvalue weighted by molar-refractivity contribution is 6.74. The molecule has 0 saturated heterocycles. The molecule has 3 heterocycles. The van der Waals surface area contributed by atoms with Gasteiger partial charge in [-0.1, -0.05) is 26.8 Å². The Bertz CT molecular complexity index is 781. The van der Waals surface area contributed by atoms with Gasteiger partial charge in [0.15, 0.2) is 19.8 Å². The molecule has 0 saturated carbocycles. The fraction of sp³-hybridized carbons (Fsp3) is 0.550. The fourth-order valence-electron chi connectivity index (χ4n) is 3.66. The van der Waals surface area contributed by atoms with Crippen molar-refractivity contribution in [3.63, 3.8) is 0 Å². The van der Waals surface area contributed by atoms with Gasteiger partial charge in [0.05, 0.1) is 17.8 Å². The first kappa shape index (κ1) is 17.6. The van der Waals surface area contributed by atoms with Gasteiger partial charge in [-0.05, 0) is 48.7 Å². The van der Waals surface area contributed by atoms with Gasteiger partial charge in [0, 0.05) is 6.07 Å². The smallest absolute Gasteiger partial charge is 0.251 e. The first-order chi connectivity index (χ1) is 12.2. The molecule has 4 rings (SSSR count). The van der Waals surface area contributed by atoms with Crippen molar-refractivity contribution < 1.29 is 18.7 Å². The highest BCUT2D eigenvalue weighted by Crippen LogP contribution is 2.46. The number of carbonyl (C=O) groups excluding carboxylic acids is 1. The third kappa shape index (κ3) is 2.76. The zero-order valence-electron chi connectivity index (χ0n) is 16.2. The van der Waals surface area contributed by atoms with Crippen LogP contribution in [0.3, 0.4) is 0 Å². The van der Waals surface area contributed by atoms with Crippen LogP contribution >= 0.6 is 0 Å². The average molecular weight is 374 g/mol. The lowest BCUT2D eigenvalue weighted by Gasteiger charge is -2.41. The number of fused-ring (bicyclic) bond motifs is 4. The van der Waals surface area contributed by atoms with E-state index in [-0.39, 0.29) is 29.9 Å². The maximum absolute atomic E-state index is 12.8. The number of amides is 1. The molecule has 1 aromatic rings. The molecule has 0 aliphatic carbocycles. The van der Waals surface area contributed by atoms with E-state index in [0.717, 1.165) is 29.8 Å². The molecule has 2 atom stereocenters. The Labute approximate surface area is 156 Å². The van der Waals surface area contributed by atoms with Crippen LogP contribution in [0.25, 0.3) is 0 Å². The summed E-state index contributed by atoms with van der Waals surface area (Å²) in [5.74, 6) is 1.51. The average Bonchev–Trinajstić information content (AvgIpc) is 3.09. The fourth-order valence-corrected chi connectivity index (χ4v) is 5.02. The number of carbonyl (C=O) groups is 1. The molecular formula is C20H27NO4Si. The second-order valence-electron chi connectivity index (χ2n) is 8.87. The van der Waals surface area contributed by atoms with Crippen molar-refractivity contribution in [3.05, 3.63) is 29.8 Å². The van der Waals surface area contributed by atoms with Crippen molar-refractivity contribution in [1.29, 1.82) is 0 Å². The zero-order chi connectivity index (χ0) is 18.7. The number of ether oxygens (including phenoxy) is 2. The van der Waals surface area contributed by atoms with Crippen LogP contribution in [0.2, 0.25) is 18.1 Å². The van der Waals surface area contributed by atoms with E-state index in [1.54, 1.807) is 6.08 Å². The summed E-state index contributed by atoms with van der Waals surface area (Å²) in [4.78, 5) is 14.7. The summed E-state index contributed by atoms with van der Waals surface area (Å²) in [5, 5.41) is 0.131. The van der Waals surface area contributed by atoms with Crippen LogP contribution in [-0.4, -0.2) is 33.2 Å². The normalized spacial score (nSPS) is 24.5. The van der Waals surface area contributed by atoms with Gasteiger partial charge in [0.2, 0.25) is 6.79 Å². The number of benzene rings is 1. The lowest BCUT2D eigenvalue weighted by Crippen LogP contribution is -2.51. The van der Waals surface area contributed by atoms with Gasteiger partial charge in [-0.3, -0.25) is 4.79 Å². The molecule has 5 nitrogen and oxygen atoms in total. The van der Waals surface area contributed by atoms with Gasteiger partial charge in [0.1, 0.15) is 0 Å². The summed E-state index contributed by atoms with van der Waals surface area (Å²) in [5.41, 5.74) is 2.06. The summed E-state index contributed by atoms with van der Waals surface area (Å²) >= 11 is 0.